The molecule has 0 aliphatic heterocycles. The second-order valence-electron chi connectivity index (χ2n) is 5.99. The number of nitrogens with one attached hydrogen (secondary N) is 1. The zero-order valence-corrected chi connectivity index (χ0v) is 12.8. The largest absolute Gasteiger partial charge is 0.393 e. The van der Waals surface area contributed by atoms with Gasteiger partial charge >= 0.3 is 0 Å². The third-order valence-electron chi connectivity index (χ3n) is 3.18. The van der Waals surface area contributed by atoms with Crippen molar-refractivity contribution in [3.8, 4) is 0 Å². The minimum absolute atomic E-state index is 0.00620. The summed E-state index contributed by atoms with van der Waals surface area (Å²) in [6.45, 7) is 8.80. The normalized spacial score (nSPS) is 15.3. The maximum Gasteiger partial charge on any atom is 0.141 e. The molecule has 2 N–H and O–H groups in total. The van der Waals surface area contributed by atoms with Gasteiger partial charge in [0.25, 0.3) is 0 Å². The van der Waals surface area contributed by atoms with Crippen molar-refractivity contribution in [2.24, 2.45) is 5.41 Å². The predicted octanol–water partition coefficient (Wildman–Crippen LogP) is 3.93. The number of halogens is 2. The van der Waals surface area contributed by atoms with E-state index in [4.69, 9.17) is 11.6 Å². The molecule has 19 heavy (non-hydrogen) atoms. The first-order valence-electron chi connectivity index (χ1n) is 6.58. The highest BCUT2D eigenvalue weighted by atomic mass is 35.5. The van der Waals surface area contributed by atoms with E-state index in [9.17, 15) is 9.50 Å². The molecule has 2 unspecified atom stereocenters. The maximum atomic E-state index is 13.1. The first-order chi connectivity index (χ1) is 8.71. The fourth-order valence-corrected chi connectivity index (χ4v) is 2.39. The standard InChI is InChI=1S/C15H23ClFNO/c1-10(19)8-15(3,4)9-18-11(2)12-5-6-14(17)13(16)7-12/h5-7,10-11,18-19H,8-9H2,1-4H3. The molecule has 0 bridgehead atoms. The van der Waals surface area contributed by atoms with Crippen molar-refractivity contribution in [1.82, 2.24) is 5.32 Å². The average Bonchev–Trinajstić information content (AvgIpc) is 2.28. The van der Waals surface area contributed by atoms with Crippen LogP contribution >= 0.6 is 11.6 Å². The van der Waals surface area contributed by atoms with E-state index in [1.165, 1.54) is 6.07 Å². The zero-order valence-electron chi connectivity index (χ0n) is 12.0. The Morgan fingerprint density at radius 2 is 2.00 bits per heavy atom. The summed E-state index contributed by atoms with van der Waals surface area (Å²) in [5.74, 6) is -0.396. The summed E-state index contributed by atoms with van der Waals surface area (Å²) in [4.78, 5) is 0. The molecule has 2 atom stereocenters. The molecule has 1 aromatic rings. The van der Waals surface area contributed by atoms with Crippen molar-refractivity contribution < 1.29 is 9.50 Å². The van der Waals surface area contributed by atoms with E-state index >= 15 is 0 Å². The van der Waals surface area contributed by atoms with Crippen LogP contribution in [-0.4, -0.2) is 17.8 Å². The summed E-state index contributed by atoms with van der Waals surface area (Å²) in [6, 6.07) is 4.86. The molecule has 0 amide bonds. The number of aliphatic hydroxyl groups excluding tert-OH is 1. The Labute approximate surface area is 120 Å². The monoisotopic (exact) mass is 287 g/mol. The lowest BCUT2D eigenvalue weighted by Crippen LogP contribution is -2.33. The van der Waals surface area contributed by atoms with Gasteiger partial charge in [0.05, 0.1) is 11.1 Å². The minimum atomic E-state index is -0.396. The summed E-state index contributed by atoms with van der Waals surface area (Å²) in [7, 11) is 0. The molecule has 0 aliphatic rings. The topological polar surface area (TPSA) is 32.3 Å². The molecule has 108 valence electrons. The Hall–Kier alpha value is -0.640. The molecule has 0 aromatic heterocycles. The van der Waals surface area contributed by atoms with Crippen molar-refractivity contribution in [1.29, 1.82) is 0 Å². The van der Waals surface area contributed by atoms with Crippen molar-refractivity contribution >= 4 is 11.6 Å². The fraction of sp³-hybridized carbons (Fsp3) is 0.600. The van der Waals surface area contributed by atoms with E-state index in [0.717, 1.165) is 18.5 Å². The van der Waals surface area contributed by atoms with Crippen LogP contribution in [0.1, 0.15) is 45.7 Å². The van der Waals surface area contributed by atoms with Gasteiger partial charge in [0, 0.05) is 12.6 Å². The Bertz CT molecular complexity index is 421. The third kappa shape index (κ3) is 5.47. The van der Waals surface area contributed by atoms with Gasteiger partial charge in [0.1, 0.15) is 5.82 Å². The van der Waals surface area contributed by atoms with E-state index in [1.54, 1.807) is 19.1 Å². The third-order valence-corrected chi connectivity index (χ3v) is 3.47. The van der Waals surface area contributed by atoms with E-state index in [-0.39, 0.29) is 22.6 Å². The Kier molecular flexibility index (Phi) is 5.78. The molecule has 2 nitrogen and oxygen atoms in total. The summed E-state index contributed by atoms with van der Waals surface area (Å²) in [6.07, 6.45) is 0.420. The molecule has 0 fully saturated rings. The van der Waals surface area contributed by atoms with Crippen molar-refractivity contribution in [3.63, 3.8) is 0 Å². The smallest absolute Gasteiger partial charge is 0.141 e. The van der Waals surface area contributed by atoms with Crippen LogP contribution < -0.4 is 5.32 Å². The van der Waals surface area contributed by atoms with Crippen molar-refractivity contribution in [2.45, 2.75) is 46.3 Å². The molecule has 4 heteroatoms. The number of benzene rings is 1. The molecular formula is C15H23ClFNO. The van der Waals surface area contributed by atoms with Gasteiger partial charge in [-0.15, -0.1) is 0 Å². The highest BCUT2D eigenvalue weighted by Gasteiger charge is 2.21. The minimum Gasteiger partial charge on any atom is -0.393 e. The van der Waals surface area contributed by atoms with Gasteiger partial charge in [-0.1, -0.05) is 31.5 Å². The van der Waals surface area contributed by atoms with Gasteiger partial charge in [-0.05, 0) is 43.4 Å². The van der Waals surface area contributed by atoms with Gasteiger partial charge in [0.2, 0.25) is 0 Å². The van der Waals surface area contributed by atoms with Crippen LogP contribution in [0.15, 0.2) is 18.2 Å². The highest BCUT2D eigenvalue weighted by molar-refractivity contribution is 6.30. The number of aliphatic hydroxyl groups is 1. The molecule has 0 saturated heterocycles. The van der Waals surface area contributed by atoms with Crippen LogP contribution in [0.4, 0.5) is 4.39 Å². The molecule has 0 aliphatic carbocycles. The lowest BCUT2D eigenvalue weighted by Gasteiger charge is -2.28. The quantitative estimate of drug-likeness (QED) is 0.831. The predicted molar refractivity (Wildman–Crippen MR) is 77.9 cm³/mol. The van der Waals surface area contributed by atoms with Gasteiger partial charge in [0.15, 0.2) is 0 Å². The Balaban J connectivity index is 2.59. The summed E-state index contributed by atoms with van der Waals surface area (Å²) in [5.41, 5.74) is 0.964. The molecule has 0 heterocycles. The van der Waals surface area contributed by atoms with Crippen molar-refractivity contribution in [3.05, 3.63) is 34.6 Å². The van der Waals surface area contributed by atoms with Crippen LogP contribution in [0.5, 0.6) is 0 Å². The lowest BCUT2D eigenvalue weighted by molar-refractivity contribution is 0.127. The number of hydrogen-bond donors (Lipinski definition) is 2. The fourth-order valence-electron chi connectivity index (χ4n) is 2.20. The van der Waals surface area contributed by atoms with E-state index in [2.05, 4.69) is 19.2 Å². The Morgan fingerprint density at radius 1 is 1.37 bits per heavy atom. The maximum absolute atomic E-state index is 13.1. The van der Waals surface area contributed by atoms with E-state index in [1.807, 2.05) is 6.92 Å². The molecule has 0 saturated carbocycles. The summed E-state index contributed by atoms with van der Waals surface area (Å²) >= 11 is 5.78. The van der Waals surface area contributed by atoms with Crippen molar-refractivity contribution in [2.75, 3.05) is 6.54 Å². The van der Waals surface area contributed by atoms with Crippen LogP contribution in [0.2, 0.25) is 5.02 Å². The summed E-state index contributed by atoms with van der Waals surface area (Å²) in [5, 5.41) is 13.0. The molecular weight excluding hydrogens is 265 g/mol. The van der Waals surface area contributed by atoms with Crippen LogP contribution in [-0.2, 0) is 0 Å². The average molecular weight is 288 g/mol. The SMILES string of the molecule is CC(O)CC(C)(C)CNC(C)c1ccc(F)c(Cl)c1. The Morgan fingerprint density at radius 3 is 2.53 bits per heavy atom. The highest BCUT2D eigenvalue weighted by Crippen LogP contribution is 2.24. The van der Waals surface area contributed by atoms with Gasteiger partial charge in [-0.2, -0.15) is 0 Å². The second kappa shape index (κ2) is 6.69. The second-order valence-corrected chi connectivity index (χ2v) is 6.40. The lowest BCUT2D eigenvalue weighted by atomic mass is 9.86. The van der Waals surface area contributed by atoms with Crippen LogP contribution in [0, 0.1) is 11.2 Å². The molecule has 1 aromatic carbocycles. The van der Waals surface area contributed by atoms with Crippen LogP contribution in [0.3, 0.4) is 0 Å². The number of hydrogen-bond acceptors (Lipinski definition) is 2. The van der Waals surface area contributed by atoms with E-state index < -0.39 is 5.82 Å². The molecule has 0 spiro atoms. The van der Waals surface area contributed by atoms with E-state index in [0.29, 0.717) is 0 Å². The number of rotatable bonds is 6. The van der Waals surface area contributed by atoms with Gasteiger partial charge < -0.3 is 10.4 Å². The zero-order chi connectivity index (χ0) is 14.6. The first kappa shape index (κ1) is 16.4. The summed E-state index contributed by atoms with van der Waals surface area (Å²) < 4.78 is 13.1. The molecule has 0 radical (unpaired) electrons. The van der Waals surface area contributed by atoms with Gasteiger partial charge in [-0.3, -0.25) is 0 Å². The first-order valence-corrected chi connectivity index (χ1v) is 6.95. The van der Waals surface area contributed by atoms with Gasteiger partial charge in [-0.25, -0.2) is 4.39 Å². The molecule has 1 rings (SSSR count). The van der Waals surface area contributed by atoms with Crippen LogP contribution in [0.25, 0.3) is 0 Å².